The molecule has 0 aromatic carbocycles. The number of carbonyl (C=O) groups excluding carboxylic acids is 1. The predicted octanol–water partition coefficient (Wildman–Crippen LogP) is 1.64. The van der Waals surface area contributed by atoms with Crippen LogP contribution in [0.15, 0.2) is 0 Å². The van der Waals surface area contributed by atoms with E-state index in [1.54, 1.807) is 0 Å². The smallest absolute Gasteiger partial charge is 0.225 e. The van der Waals surface area contributed by atoms with Crippen LogP contribution >= 0.6 is 0 Å². The highest BCUT2D eigenvalue weighted by Crippen LogP contribution is 2.29. The molecule has 1 heterocycles. The largest absolute Gasteiger partial charge is 0.381 e. The SMILES string of the molecule is CN(CC1CCCOC1)C(=O)C1CCC(CN)CC1. The minimum absolute atomic E-state index is 0.234. The number of amides is 1. The second-order valence-corrected chi connectivity index (χ2v) is 6.26. The Balaban J connectivity index is 1.75. The lowest BCUT2D eigenvalue weighted by atomic mass is 9.81. The number of rotatable bonds is 4. The Hall–Kier alpha value is -0.610. The molecule has 2 N–H and O–H groups in total. The maximum atomic E-state index is 12.4. The van der Waals surface area contributed by atoms with Crippen molar-refractivity contribution in [3.63, 3.8) is 0 Å². The molecule has 0 bridgehead atoms. The number of hydrogen-bond donors (Lipinski definition) is 1. The lowest BCUT2D eigenvalue weighted by molar-refractivity contribution is -0.136. The summed E-state index contributed by atoms with van der Waals surface area (Å²) in [6.07, 6.45) is 6.60. The van der Waals surface area contributed by atoms with Crippen LogP contribution in [0.4, 0.5) is 0 Å². The van der Waals surface area contributed by atoms with Crippen molar-refractivity contribution in [1.29, 1.82) is 0 Å². The molecule has 4 nitrogen and oxygen atoms in total. The number of nitrogens with two attached hydrogens (primary N) is 1. The van der Waals surface area contributed by atoms with Crippen molar-refractivity contribution >= 4 is 5.91 Å². The Morgan fingerprint density at radius 2 is 1.95 bits per heavy atom. The summed E-state index contributed by atoms with van der Waals surface area (Å²) in [6, 6.07) is 0. The van der Waals surface area contributed by atoms with Gasteiger partial charge in [0.05, 0.1) is 6.61 Å². The van der Waals surface area contributed by atoms with Crippen LogP contribution in [0.1, 0.15) is 38.5 Å². The zero-order chi connectivity index (χ0) is 13.7. The summed E-state index contributed by atoms with van der Waals surface area (Å²) in [5.74, 6) is 1.74. The molecule has 0 radical (unpaired) electrons. The van der Waals surface area contributed by atoms with E-state index in [2.05, 4.69) is 0 Å². The highest BCUT2D eigenvalue weighted by Gasteiger charge is 2.28. The minimum Gasteiger partial charge on any atom is -0.381 e. The Morgan fingerprint density at radius 1 is 1.21 bits per heavy atom. The van der Waals surface area contributed by atoms with Crippen molar-refractivity contribution in [2.24, 2.45) is 23.5 Å². The number of hydrogen-bond acceptors (Lipinski definition) is 3. The lowest BCUT2D eigenvalue weighted by Gasteiger charge is -2.32. The van der Waals surface area contributed by atoms with Gasteiger partial charge in [-0.3, -0.25) is 4.79 Å². The molecule has 1 atom stereocenters. The fraction of sp³-hybridized carbons (Fsp3) is 0.933. The molecular weight excluding hydrogens is 240 g/mol. The monoisotopic (exact) mass is 268 g/mol. The third-order valence-electron chi connectivity index (χ3n) is 4.69. The van der Waals surface area contributed by atoms with Crippen LogP contribution in [-0.2, 0) is 9.53 Å². The average Bonchev–Trinajstić information content (AvgIpc) is 2.47. The van der Waals surface area contributed by atoms with Crippen LogP contribution in [0.2, 0.25) is 0 Å². The Bertz CT molecular complexity index is 282. The van der Waals surface area contributed by atoms with Crippen LogP contribution in [0.25, 0.3) is 0 Å². The van der Waals surface area contributed by atoms with Crippen molar-refractivity contribution in [2.45, 2.75) is 38.5 Å². The molecular formula is C15H28N2O2. The number of carbonyl (C=O) groups is 1. The van der Waals surface area contributed by atoms with E-state index < -0.39 is 0 Å². The zero-order valence-electron chi connectivity index (χ0n) is 12.1. The summed E-state index contributed by atoms with van der Waals surface area (Å²) in [6.45, 7) is 3.33. The first-order valence-electron chi connectivity index (χ1n) is 7.73. The molecule has 19 heavy (non-hydrogen) atoms. The summed E-state index contributed by atoms with van der Waals surface area (Å²) in [7, 11) is 1.95. The van der Waals surface area contributed by atoms with E-state index in [0.717, 1.165) is 58.4 Å². The number of ether oxygens (including phenoxy) is 1. The molecule has 1 saturated carbocycles. The molecule has 1 unspecified atom stereocenters. The third kappa shape index (κ3) is 4.18. The first-order valence-corrected chi connectivity index (χ1v) is 7.73. The third-order valence-corrected chi connectivity index (χ3v) is 4.69. The molecule has 4 heteroatoms. The van der Waals surface area contributed by atoms with Gasteiger partial charge >= 0.3 is 0 Å². The van der Waals surface area contributed by atoms with Gasteiger partial charge in [0, 0.05) is 26.1 Å². The highest BCUT2D eigenvalue weighted by molar-refractivity contribution is 5.78. The minimum atomic E-state index is 0.234. The Morgan fingerprint density at radius 3 is 2.53 bits per heavy atom. The first-order chi connectivity index (χ1) is 9.20. The van der Waals surface area contributed by atoms with E-state index in [1.165, 1.54) is 6.42 Å². The number of nitrogens with zero attached hydrogens (tertiary/aromatic N) is 1. The molecule has 2 rings (SSSR count). The van der Waals surface area contributed by atoms with E-state index in [0.29, 0.717) is 17.7 Å². The van der Waals surface area contributed by atoms with Gasteiger partial charge in [0.15, 0.2) is 0 Å². The molecule has 0 aromatic rings. The molecule has 2 fully saturated rings. The van der Waals surface area contributed by atoms with Gasteiger partial charge in [-0.25, -0.2) is 0 Å². The van der Waals surface area contributed by atoms with E-state index in [9.17, 15) is 4.79 Å². The summed E-state index contributed by atoms with van der Waals surface area (Å²) in [5.41, 5.74) is 5.70. The predicted molar refractivity (Wildman–Crippen MR) is 75.7 cm³/mol. The lowest BCUT2D eigenvalue weighted by Crippen LogP contribution is -2.40. The van der Waals surface area contributed by atoms with Crippen LogP contribution in [0.3, 0.4) is 0 Å². The summed E-state index contributed by atoms with van der Waals surface area (Å²) < 4.78 is 5.48. The van der Waals surface area contributed by atoms with Crippen molar-refractivity contribution in [1.82, 2.24) is 4.90 Å². The Labute approximate surface area is 116 Å². The molecule has 1 aliphatic carbocycles. The molecule has 1 amide bonds. The molecule has 2 aliphatic rings. The van der Waals surface area contributed by atoms with Gasteiger partial charge in [-0.05, 0) is 56.9 Å². The van der Waals surface area contributed by atoms with Crippen LogP contribution in [0.5, 0.6) is 0 Å². The fourth-order valence-electron chi connectivity index (χ4n) is 3.39. The second-order valence-electron chi connectivity index (χ2n) is 6.26. The van der Waals surface area contributed by atoms with Gasteiger partial charge in [0.1, 0.15) is 0 Å². The van der Waals surface area contributed by atoms with Gasteiger partial charge in [-0.15, -0.1) is 0 Å². The van der Waals surface area contributed by atoms with Crippen LogP contribution < -0.4 is 5.73 Å². The van der Waals surface area contributed by atoms with Crippen molar-refractivity contribution in [3.8, 4) is 0 Å². The summed E-state index contributed by atoms with van der Waals surface area (Å²) in [5, 5.41) is 0. The van der Waals surface area contributed by atoms with Crippen molar-refractivity contribution in [2.75, 3.05) is 33.4 Å². The maximum absolute atomic E-state index is 12.4. The Kier molecular flexibility index (Phi) is 5.64. The van der Waals surface area contributed by atoms with Crippen molar-refractivity contribution < 1.29 is 9.53 Å². The topological polar surface area (TPSA) is 55.6 Å². The standard InChI is InChI=1S/C15H28N2O2/c1-17(10-13-3-2-8-19-11-13)15(18)14-6-4-12(9-16)5-7-14/h12-14H,2-11,16H2,1H3. The average molecular weight is 268 g/mol. The van der Waals surface area contributed by atoms with E-state index in [-0.39, 0.29) is 5.92 Å². The quantitative estimate of drug-likeness (QED) is 0.843. The van der Waals surface area contributed by atoms with E-state index in [4.69, 9.17) is 10.5 Å². The van der Waals surface area contributed by atoms with Crippen LogP contribution in [-0.4, -0.2) is 44.2 Å². The summed E-state index contributed by atoms with van der Waals surface area (Å²) >= 11 is 0. The second kappa shape index (κ2) is 7.25. The van der Waals surface area contributed by atoms with Gasteiger partial charge in [0.25, 0.3) is 0 Å². The zero-order valence-corrected chi connectivity index (χ0v) is 12.1. The maximum Gasteiger partial charge on any atom is 0.225 e. The molecule has 0 aromatic heterocycles. The molecule has 1 aliphatic heterocycles. The first kappa shape index (κ1) is 14.8. The van der Waals surface area contributed by atoms with E-state index >= 15 is 0 Å². The van der Waals surface area contributed by atoms with Crippen molar-refractivity contribution in [3.05, 3.63) is 0 Å². The van der Waals surface area contributed by atoms with Crippen LogP contribution in [0, 0.1) is 17.8 Å². The fourth-order valence-corrected chi connectivity index (χ4v) is 3.39. The van der Waals surface area contributed by atoms with Gasteiger partial charge in [0.2, 0.25) is 5.91 Å². The van der Waals surface area contributed by atoms with Gasteiger partial charge in [-0.2, -0.15) is 0 Å². The normalized spacial score (nSPS) is 32.0. The molecule has 0 spiro atoms. The van der Waals surface area contributed by atoms with Gasteiger partial charge < -0.3 is 15.4 Å². The molecule has 110 valence electrons. The summed E-state index contributed by atoms with van der Waals surface area (Å²) in [4.78, 5) is 14.4. The highest BCUT2D eigenvalue weighted by atomic mass is 16.5. The van der Waals surface area contributed by atoms with Gasteiger partial charge in [-0.1, -0.05) is 0 Å². The molecule has 1 saturated heterocycles. The van der Waals surface area contributed by atoms with E-state index in [1.807, 2.05) is 11.9 Å².